The Bertz CT molecular complexity index is 619. The van der Waals surface area contributed by atoms with E-state index in [1.807, 2.05) is 13.0 Å². The Morgan fingerprint density at radius 2 is 1.37 bits per heavy atom. The summed E-state index contributed by atoms with van der Waals surface area (Å²) < 4.78 is 37.6. The Hall–Kier alpha value is -1.19. The molecule has 2 aromatic carbocycles. The van der Waals surface area contributed by atoms with Gasteiger partial charge in [0.1, 0.15) is 0 Å². The second-order valence-corrected chi connectivity index (χ2v) is 4.99. The Morgan fingerprint density at radius 3 is 1.84 bits per heavy atom. The fourth-order valence-electron chi connectivity index (χ4n) is 1.75. The number of hydrogen-bond donors (Lipinski definition) is 0. The maximum atomic E-state index is 12.5. The van der Waals surface area contributed by atoms with Gasteiger partial charge in [0.2, 0.25) is 0 Å². The minimum Gasteiger partial charge on any atom is -0.166 e. The number of alkyl halides is 3. The Labute approximate surface area is 118 Å². The molecule has 19 heavy (non-hydrogen) atoms. The van der Waals surface area contributed by atoms with Crippen LogP contribution in [-0.4, -0.2) is 0 Å². The summed E-state index contributed by atoms with van der Waals surface area (Å²) in [5, 5.41) is 0.488. The predicted molar refractivity (Wildman–Crippen MR) is 71.6 cm³/mol. The van der Waals surface area contributed by atoms with E-state index >= 15 is 0 Å². The SMILES string of the molecule is Cc1ccc(-c2ccc(C(F)(F)F)cc2Cl)c(Cl)c1. The third-order valence-electron chi connectivity index (χ3n) is 2.71. The average Bonchev–Trinajstić information content (AvgIpc) is 2.28. The van der Waals surface area contributed by atoms with E-state index < -0.39 is 11.7 Å². The van der Waals surface area contributed by atoms with Crippen LogP contribution < -0.4 is 0 Å². The number of aryl methyl sites for hydroxylation is 1. The van der Waals surface area contributed by atoms with Crippen molar-refractivity contribution in [2.24, 2.45) is 0 Å². The third kappa shape index (κ3) is 3.04. The molecular formula is C14H9Cl2F3. The van der Waals surface area contributed by atoms with Crippen molar-refractivity contribution >= 4 is 23.2 Å². The summed E-state index contributed by atoms with van der Waals surface area (Å²) in [5.41, 5.74) is 1.30. The molecule has 0 unspecified atom stereocenters. The summed E-state index contributed by atoms with van der Waals surface area (Å²) in [6.45, 7) is 1.88. The molecule has 0 aliphatic rings. The molecule has 0 amide bonds. The van der Waals surface area contributed by atoms with Crippen LogP contribution in [0.4, 0.5) is 13.2 Å². The zero-order chi connectivity index (χ0) is 14.2. The van der Waals surface area contributed by atoms with Crippen molar-refractivity contribution in [1.29, 1.82) is 0 Å². The van der Waals surface area contributed by atoms with Gasteiger partial charge in [-0.05, 0) is 30.7 Å². The Kier molecular flexibility index (Phi) is 3.79. The van der Waals surface area contributed by atoms with Crippen LogP contribution in [-0.2, 0) is 6.18 Å². The molecule has 0 aliphatic heterocycles. The first-order valence-electron chi connectivity index (χ1n) is 5.42. The lowest BCUT2D eigenvalue weighted by atomic mass is 10.0. The van der Waals surface area contributed by atoms with Crippen LogP contribution in [0.2, 0.25) is 10.0 Å². The molecule has 0 saturated carbocycles. The van der Waals surface area contributed by atoms with E-state index in [0.29, 0.717) is 16.1 Å². The van der Waals surface area contributed by atoms with Crippen molar-refractivity contribution in [3.05, 3.63) is 57.6 Å². The lowest BCUT2D eigenvalue weighted by Gasteiger charge is -2.11. The van der Waals surface area contributed by atoms with Crippen LogP contribution in [0.15, 0.2) is 36.4 Å². The fraction of sp³-hybridized carbons (Fsp3) is 0.143. The van der Waals surface area contributed by atoms with Crippen molar-refractivity contribution < 1.29 is 13.2 Å². The molecule has 0 atom stereocenters. The molecule has 0 fully saturated rings. The fourth-order valence-corrected chi connectivity index (χ4v) is 2.37. The van der Waals surface area contributed by atoms with Crippen LogP contribution >= 0.6 is 23.2 Å². The Morgan fingerprint density at radius 1 is 0.842 bits per heavy atom. The molecule has 0 bridgehead atoms. The van der Waals surface area contributed by atoms with Gasteiger partial charge in [0.25, 0.3) is 0 Å². The van der Waals surface area contributed by atoms with Gasteiger partial charge < -0.3 is 0 Å². The van der Waals surface area contributed by atoms with Crippen LogP contribution in [0.5, 0.6) is 0 Å². The zero-order valence-electron chi connectivity index (χ0n) is 9.85. The van der Waals surface area contributed by atoms with E-state index in [9.17, 15) is 13.2 Å². The molecule has 0 aliphatic carbocycles. The average molecular weight is 305 g/mol. The van der Waals surface area contributed by atoms with Crippen LogP contribution in [0, 0.1) is 6.92 Å². The van der Waals surface area contributed by atoms with E-state index in [-0.39, 0.29) is 5.02 Å². The van der Waals surface area contributed by atoms with Gasteiger partial charge in [-0.15, -0.1) is 0 Å². The first-order valence-corrected chi connectivity index (χ1v) is 6.18. The largest absolute Gasteiger partial charge is 0.416 e. The molecule has 2 rings (SSSR count). The van der Waals surface area contributed by atoms with Crippen LogP contribution in [0.1, 0.15) is 11.1 Å². The highest BCUT2D eigenvalue weighted by molar-refractivity contribution is 6.36. The van der Waals surface area contributed by atoms with Crippen molar-refractivity contribution in [2.45, 2.75) is 13.1 Å². The van der Waals surface area contributed by atoms with Crippen molar-refractivity contribution in [1.82, 2.24) is 0 Å². The standard InChI is InChI=1S/C14H9Cl2F3/c1-8-2-4-10(12(15)6-8)11-5-3-9(7-13(11)16)14(17,18)19/h2-7H,1H3. The summed E-state index contributed by atoms with van der Waals surface area (Å²) in [7, 11) is 0. The van der Waals surface area contributed by atoms with Crippen LogP contribution in [0.3, 0.4) is 0 Å². The van der Waals surface area contributed by atoms with Gasteiger partial charge in [0, 0.05) is 21.2 Å². The highest BCUT2D eigenvalue weighted by Gasteiger charge is 2.31. The summed E-state index contributed by atoms with van der Waals surface area (Å²) in [5.74, 6) is 0. The van der Waals surface area contributed by atoms with Crippen LogP contribution in [0.25, 0.3) is 11.1 Å². The first-order chi connectivity index (χ1) is 8.79. The highest BCUT2D eigenvalue weighted by Crippen LogP contribution is 2.38. The molecule has 5 heteroatoms. The van der Waals surface area contributed by atoms with Crippen molar-refractivity contribution in [2.75, 3.05) is 0 Å². The number of rotatable bonds is 1. The summed E-state index contributed by atoms with van der Waals surface area (Å²) in [6, 6.07) is 8.55. The van der Waals surface area contributed by atoms with E-state index in [0.717, 1.165) is 17.7 Å². The molecule has 2 aromatic rings. The smallest absolute Gasteiger partial charge is 0.166 e. The van der Waals surface area contributed by atoms with Gasteiger partial charge in [-0.3, -0.25) is 0 Å². The molecule has 0 heterocycles. The predicted octanol–water partition coefficient (Wildman–Crippen LogP) is 5.99. The van der Waals surface area contributed by atoms with E-state index in [2.05, 4.69) is 0 Å². The lowest BCUT2D eigenvalue weighted by molar-refractivity contribution is -0.137. The molecule has 0 nitrogen and oxygen atoms in total. The topological polar surface area (TPSA) is 0 Å². The second kappa shape index (κ2) is 5.06. The summed E-state index contributed by atoms with van der Waals surface area (Å²) >= 11 is 12.0. The number of hydrogen-bond acceptors (Lipinski definition) is 0. The normalized spacial score (nSPS) is 11.7. The Balaban J connectivity index is 2.52. The van der Waals surface area contributed by atoms with Gasteiger partial charge in [-0.1, -0.05) is 41.4 Å². The minimum atomic E-state index is -4.40. The molecular weight excluding hydrogens is 296 g/mol. The van der Waals surface area contributed by atoms with E-state index in [1.165, 1.54) is 6.07 Å². The third-order valence-corrected chi connectivity index (χ3v) is 3.34. The van der Waals surface area contributed by atoms with E-state index in [4.69, 9.17) is 23.2 Å². The first kappa shape index (κ1) is 14.2. The van der Waals surface area contributed by atoms with Gasteiger partial charge >= 0.3 is 6.18 Å². The monoisotopic (exact) mass is 304 g/mol. The van der Waals surface area contributed by atoms with Crippen molar-refractivity contribution in [3.8, 4) is 11.1 Å². The van der Waals surface area contributed by atoms with Gasteiger partial charge in [-0.2, -0.15) is 13.2 Å². The maximum Gasteiger partial charge on any atom is 0.416 e. The molecule has 0 spiro atoms. The molecule has 100 valence electrons. The minimum absolute atomic E-state index is 0.0283. The highest BCUT2D eigenvalue weighted by atomic mass is 35.5. The molecule has 0 radical (unpaired) electrons. The lowest BCUT2D eigenvalue weighted by Crippen LogP contribution is -2.04. The van der Waals surface area contributed by atoms with Crippen molar-refractivity contribution in [3.63, 3.8) is 0 Å². The van der Waals surface area contributed by atoms with Gasteiger partial charge in [0.05, 0.1) is 5.56 Å². The quantitative estimate of drug-likeness (QED) is 0.607. The molecule has 0 aromatic heterocycles. The molecule has 0 N–H and O–H groups in total. The molecule has 0 saturated heterocycles. The number of benzene rings is 2. The van der Waals surface area contributed by atoms with Gasteiger partial charge in [-0.25, -0.2) is 0 Å². The summed E-state index contributed by atoms with van der Waals surface area (Å²) in [6.07, 6.45) is -4.40. The second-order valence-electron chi connectivity index (χ2n) is 4.18. The van der Waals surface area contributed by atoms with Gasteiger partial charge in [0.15, 0.2) is 0 Å². The summed E-state index contributed by atoms with van der Waals surface area (Å²) in [4.78, 5) is 0. The zero-order valence-corrected chi connectivity index (χ0v) is 11.4. The number of halogens is 5. The maximum absolute atomic E-state index is 12.5. The van der Waals surface area contributed by atoms with E-state index in [1.54, 1.807) is 12.1 Å².